The minimum Gasteiger partial charge on any atom is -0.497 e. The molecule has 1 aromatic carbocycles. The predicted molar refractivity (Wildman–Crippen MR) is 91.3 cm³/mol. The molecular formula is C17H25BrN2O. The third kappa shape index (κ3) is 3.07. The highest BCUT2D eigenvalue weighted by atomic mass is 79.9. The van der Waals surface area contributed by atoms with E-state index in [0.717, 1.165) is 29.7 Å². The van der Waals surface area contributed by atoms with Crippen LogP contribution in [-0.4, -0.2) is 31.8 Å². The van der Waals surface area contributed by atoms with Crippen LogP contribution in [0, 0.1) is 0 Å². The summed E-state index contributed by atoms with van der Waals surface area (Å²) < 4.78 is 6.53. The molecule has 1 atom stereocenters. The maximum absolute atomic E-state index is 5.44. The van der Waals surface area contributed by atoms with E-state index in [-0.39, 0.29) is 0 Å². The van der Waals surface area contributed by atoms with Crippen molar-refractivity contribution in [2.45, 2.75) is 50.6 Å². The van der Waals surface area contributed by atoms with Crippen molar-refractivity contribution in [3.05, 3.63) is 22.7 Å². The molecule has 116 valence electrons. The monoisotopic (exact) mass is 352 g/mol. The van der Waals surface area contributed by atoms with E-state index in [4.69, 9.17) is 4.74 Å². The van der Waals surface area contributed by atoms with Gasteiger partial charge in [-0.25, -0.2) is 0 Å². The fourth-order valence-corrected chi connectivity index (χ4v) is 4.30. The first-order valence-corrected chi connectivity index (χ1v) is 8.81. The quantitative estimate of drug-likeness (QED) is 0.890. The molecule has 1 aromatic rings. The standard InChI is InChI=1S/C17H25BrN2O/c1-3-14-11-19-17(6-4-5-7-17)12-20(14)15-8-13(18)9-16(10-15)21-2/h8-10,14,19H,3-7,11-12H2,1-2H3. The molecule has 2 fully saturated rings. The Hall–Kier alpha value is -0.740. The number of benzene rings is 1. The Labute approximate surface area is 136 Å². The molecule has 0 aromatic heterocycles. The highest BCUT2D eigenvalue weighted by Gasteiger charge is 2.40. The zero-order chi connectivity index (χ0) is 14.9. The second-order valence-electron chi connectivity index (χ2n) is 6.41. The minimum absolute atomic E-state index is 0.335. The molecule has 1 saturated carbocycles. The second-order valence-corrected chi connectivity index (χ2v) is 7.32. The summed E-state index contributed by atoms with van der Waals surface area (Å²) in [6.07, 6.45) is 6.51. The smallest absolute Gasteiger partial charge is 0.122 e. The first-order valence-electron chi connectivity index (χ1n) is 8.02. The first kappa shape index (κ1) is 15.2. The molecule has 3 nitrogen and oxygen atoms in total. The summed E-state index contributed by atoms with van der Waals surface area (Å²) in [7, 11) is 1.74. The van der Waals surface area contributed by atoms with Crippen LogP contribution in [0.5, 0.6) is 5.75 Å². The summed E-state index contributed by atoms with van der Waals surface area (Å²) in [4.78, 5) is 2.59. The van der Waals surface area contributed by atoms with Gasteiger partial charge < -0.3 is 15.0 Å². The molecule has 0 amide bonds. The van der Waals surface area contributed by atoms with Crippen LogP contribution in [0.15, 0.2) is 22.7 Å². The minimum atomic E-state index is 0.335. The summed E-state index contributed by atoms with van der Waals surface area (Å²) in [5.74, 6) is 0.924. The highest BCUT2D eigenvalue weighted by molar-refractivity contribution is 9.10. The van der Waals surface area contributed by atoms with Gasteiger partial charge in [-0.05, 0) is 31.4 Å². The molecule has 21 heavy (non-hydrogen) atoms. The summed E-state index contributed by atoms with van der Waals surface area (Å²) in [6.45, 7) is 4.48. The summed E-state index contributed by atoms with van der Waals surface area (Å²) in [5.41, 5.74) is 1.61. The van der Waals surface area contributed by atoms with Crippen molar-refractivity contribution < 1.29 is 4.74 Å². The molecule has 1 N–H and O–H groups in total. The maximum Gasteiger partial charge on any atom is 0.122 e. The number of methoxy groups -OCH3 is 1. The Bertz CT molecular complexity index is 500. The van der Waals surface area contributed by atoms with E-state index in [1.165, 1.54) is 31.4 Å². The van der Waals surface area contributed by atoms with Crippen molar-refractivity contribution in [2.75, 3.05) is 25.1 Å². The Morgan fingerprint density at radius 3 is 2.76 bits per heavy atom. The molecule has 4 heteroatoms. The zero-order valence-electron chi connectivity index (χ0n) is 13.0. The molecule has 0 bridgehead atoms. The zero-order valence-corrected chi connectivity index (χ0v) is 14.6. The summed E-state index contributed by atoms with van der Waals surface area (Å²) in [5, 5.41) is 3.85. The van der Waals surface area contributed by atoms with Gasteiger partial charge in [0, 0.05) is 40.9 Å². The number of anilines is 1. The molecular weight excluding hydrogens is 328 g/mol. The molecule has 0 radical (unpaired) electrons. The van der Waals surface area contributed by atoms with Crippen molar-refractivity contribution in [1.82, 2.24) is 5.32 Å². The van der Waals surface area contributed by atoms with Crippen molar-refractivity contribution in [3.63, 3.8) is 0 Å². The highest BCUT2D eigenvalue weighted by Crippen LogP contribution is 2.37. The number of halogens is 1. The average molecular weight is 353 g/mol. The van der Waals surface area contributed by atoms with E-state index in [9.17, 15) is 0 Å². The van der Waals surface area contributed by atoms with Gasteiger partial charge in [-0.2, -0.15) is 0 Å². The Morgan fingerprint density at radius 2 is 2.10 bits per heavy atom. The molecule has 3 rings (SSSR count). The maximum atomic E-state index is 5.44. The largest absolute Gasteiger partial charge is 0.497 e. The number of rotatable bonds is 3. The van der Waals surface area contributed by atoms with Gasteiger partial charge in [0.05, 0.1) is 7.11 Å². The van der Waals surface area contributed by atoms with Crippen LogP contribution in [0.25, 0.3) is 0 Å². The van der Waals surface area contributed by atoms with Crippen LogP contribution >= 0.6 is 15.9 Å². The molecule has 1 unspecified atom stereocenters. The molecule has 1 spiro atoms. The van der Waals surface area contributed by atoms with E-state index in [1.807, 2.05) is 6.07 Å². The third-order valence-corrected chi connectivity index (χ3v) is 5.54. The van der Waals surface area contributed by atoms with Crippen LogP contribution < -0.4 is 15.0 Å². The van der Waals surface area contributed by atoms with Gasteiger partial charge in [0.2, 0.25) is 0 Å². The number of hydrogen-bond donors (Lipinski definition) is 1. The van der Waals surface area contributed by atoms with Crippen LogP contribution in [0.4, 0.5) is 5.69 Å². The molecule has 1 aliphatic carbocycles. The number of ether oxygens (including phenoxy) is 1. The lowest BCUT2D eigenvalue weighted by molar-refractivity contribution is 0.267. The molecule has 2 aliphatic rings. The fraction of sp³-hybridized carbons (Fsp3) is 0.647. The molecule has 1 heterocycles. The van der Waals surface area contributed by atoms with Gasteiger partial charge in [-0.3, -0.25) is 0 Å². The van der Waals surface area contributed by atoms with E-state index in [1.54, 1.807) is 7.11 Å². The number of nitrogens with zero attached hydrogens (tertiary/aromatic N) is 1. The average Bonchev–Trinajstić information content (AvgIpc) is 2.94. The number of nitrogens with one attached hydrogen (secondary N) is 1. The fourth-order valence-electron chi connectivity index (χ4n) is 3.84. The van der Waals surface area contributed by atoms with Gasteiger partial charge in [-0.1, -0.05) is 35.7 Å². The third-order valence-electron chi connectivity index (χ3n) is 5.08. The van der Waals surface area contributed by atoms with E-state index in [0.29, 0.717) is 11.6 Å². The van der Waals surface area contributed by atoms with Gasteiger partial charge >= 0.3 is 0 Å². The predicted octanol–water partition coefficient (Wildman–Crippen LogP) is 3.96. The van der Waals surface area contributed by atoms with Crippen LogP contribution in [0.1, 0.15) is 39.0 Å². The van der Waals surface area contributed by atoms with Crippen molar-refractivity contribution >= 4 is 21.6 Å². The number of piperazine rings is 1. The van der Waals surface area contributed by atoms with Crippen molar-refractivity contribution in [3.8, 4) is 5.75 Å². The van der Waals surface area contributed by atoms with Crippen molar-refractivity contribution in [2.24, 2.45) is 0 Å². The topological polar surface area (TPSA) is 24.5 Å². The van der Waals surface area contributed by atoms with Gasteiger partial charge in [-0.15, -0.1) is 0 Å². The lowest BCUT2D eigenvalue weighted by atomic mass is 9.91. The normalized spacial score (nSPS) is 24.5. The first-order chi connectivity index (χ1) is 10.2. The van der Waals surface area contributed by atoms with Crippen LogP contribution in [0.3, 0.4) is 0 Å². The Morgan fingerprint density at radius 1 is 1.33 bits per heavy atom. The second kappa shape index (κ2) is 6.17. The number of hydrogen-bond acceptors (Lipinski definition) is 3. The van der Waals surface area contributed by atoms with Crippen molar-refractivity contribution in [1.29, 1.82) is 0 Å². The molecule has 1 saturated heterocycles. The van der Waals surface area contributed by atoms with Crippen LogP contribution in [-0.2, 0) is 0 Å². The van der Waals surface area contributed by atoms with Crippen LogP contribution in [0.2, 0.25) is 0 Å². The van der Waals surface area contributed by atoms with E-state index < -0.39 is 0 Å². The van der Waals surface area contributed by atoms with Gasteiger partial charge in [0.15, 0.2) is 0 Å². The van der Waals surface area contributed by atoms with E-state index in [2.05, 4.69) is 45.2 Å². The lowest BCUT2D eigenvalue weighted by Crippen LogP contribution is -2.63. The van der Waals surface area contributed by atoms with Gasteiger partial charge in [0.1, 0.15) is 5.75 Å². The Balaban J connectivity index is 1.90. The lowest BCUT2D eigenvalue weighted by Gasteiger charge is -2.47. The molecule has 1 aliphatic heterocycles. The van der Waals surface area contributed by atoms with Gasteiger partial charge in [0.25, 0.3) is 0 Å². The Kier molecular flexibility index (Phi) is 4.46. The van der Waals surface area contributed by atoms with E-state index >= 15 is 0 Å². The summed E-state index contributed by atoms with van der Waals surface area (Å²) >= 11 is 3.62. The SMILES string of the molecule is CCC1CNC2(CCCC2)CN1c1cc(Br)cc(OC)c1. The summed E-state index contributed by atoms with van der Waals surface area (Å²) in [6, 6.07) is 6.98.